The lowest BCUT2D eigenvalue weighted by molar-refractivity contribution is -0.117. The number of carbonyl (C=O) groups excluding carboxylic acids is 1. The highest BCUT2D eigenvalue weighted by atomic mass is 16.1. The van der Waals surface area contributed by atoms with Crippen LogP contribution >= 0.6 is 0 Å². The minimum absolute atomic E-state index is 0.239. The van der Waals surface area contributed by atoms with Gasteiger partial charge in [0, 0.05) is 29.8 Å². The fourth-order valence-corrected chi connectivity index (χ4v) is 1.95. The molecule has 1 aromatic heterocycles. The molecule has 2 rings (SSSR count). The molecule has 0 N–H and O–H groups in total. The summed E-state index contributed by atoms with van der Waals surface area (Å²) in [5.74, 6) is -0.421. The molecule has 1 amide bonds. The molecule has 0 spiro atoms. The summed E-state index contributed by atoms with van der Waals surface area (Å²) in [5.41, 5.74) is 10.4. The summed E-state index contributed by atoms with van der Waals surface area (Å²) in [7, 11) is 0. The lowest BCUT2D eigenvalue weighted by Crippen LogP contribution is -2.05. The van der Waals surface area contributed by atoms with E-state index in [1.165, 1.54) is 5.56 Å². The van der Waals surface area contributed by atoms with Crippen molar-refractivity contribution in [3.05, 3.63) is 70.4 Å². The van der Waals surface area contributed by atoms with Gasteiger partial charge in [-0.05, 0) is 34.8 Å². The molecule has 2 aromatic rings. The van der Waals surface area contributed by atoms with Crippen LogP contribution in [0.3, 0.4) is 0 Å². The first-order valence-electron chi connectivity index (χ1n) is 6.05. The predicted molar refractivity (Wildman–Crippen MR) is 72.5 cm³/mol. The lowest BCUT2D eigenvalue weighted by Gasteiger charge is -2.08. The lowest BCUT2D eigenvalue weighted by atomic mass is 10.2. The van der Waals surface area contributed by atoms with E-state index in [0.29, 0.717) is 6.42 Å². The van der Waals surface area contributed by atoms with Gasteiger partial charge in [0.1, 0.15) is 0 Å². The van der Waals surface area contributed by atoms with Crippen LogP contribution in [0.5, 0.6) is 0 Å². The molecule has 1 aromatic carbocycles. The molecule has 0 aliphatic carbocycles. The zero-order valence-corrected chi connectivity index (χ0v) is 10.4. The van der Waals surface area contributed by atoms with E-state index >= 15 is 0 Å². The van der Waals surface area contributed by atoms with Crippen molar-refractivity contribution < 1.29 is 4.79 Å². The van der Waals surface area contributed by atoms with Gasteiger partial charge in [-0.3, -0.25) is 4.79 Å². The topological polar surface area (TPSA) is 70.8 Å². The molecular formula is C14H14N4O. The van der Waals surface area contributed by atoms with Crippen LogP contribution in [0.15, 0.2) is 53.8 Å². The number of hydrogen-bond acceptors (Lipinski definition) is 1. The quantitative estimate of drug-likeness (QED) is 0.458. The van der Waals surface area contributed by atoms with E-state index in [-0.39, 0.29) is 6.42 Å². The molecule has 5 heteroatoms. The molecule has 0 saturated heterocycles. The van der Waals surface area contributed by atoms with E-state index in [4.69, 9.17) is 5.53 Å². The van der Waals surface area contributed by atoms with Crippen LogP contribution in [-0.2, 0) is 17.8 Å². The van der Waals surface area contributed by atoms with Crippen LogP contribution in [0.1, 0.15) is 17.7 Å². The number of aromatic nitrogens is 1. The summed E-state index contributed by atoms with van der Waals surface area (Å²) in [6.07, 6.45) is 2.81. The first-order chi connectivity index (χ1) is 9.29. The Labute approximate surface area is 111 Å². The van der Waals surface area contributed by atoms with Crippen molar-refractivity contribution in [3.8, 4) is 0 Å². The van der Waals surface area contributed by atoms with Gasteiger partial charge in [-0.15, -0.1) is 0 Å². The largest absolute Gasteiger partial charge is 0.347 e. The van der Waals surface area contributed by atoms with Crippen molar-refractivity contribution in [2.75, 3.05) is 0 Å². The van der Waals surface area contributed by atoms with Gasteiger partial charge in [0.05, 0.1) is 0 Å². The zero-order valence-electron chi connectivity index (χ0n) is 10.4. The molecule has 0 radical (unpaired) electrons. The van der Waals surface area contributed by atoms with E-state index in [0.717, 1.165) is 12.2 Å². The van der Waals surface area contributed by atoms with E-state index in [9.17, 15) is 4.79 Å². The second kappa shape index (κ2) is 6.42. The third-order valence-corrected chi connectivity index (χ3v) is 2.87. The summed E-state index contributed by atoms with van der Waals surface area (Å²) in [6, 6.07) is 14.1. The number of rotatable bonds is 5. The summed E-state index contributed by atoms with van der Waals surface area (Å²) < 4.78 is 2.10. The Morgan fingerprint density at radius 1 is 1.21 bits per heavy atom. The molecule has 0 fully saturated rings. The van der Waals surface area contributed by atoms with Gasteiger partial charge in [0.15, 0.2) is 0 Å². The van der Waals surface area contributed by atoms with Gasteiger partial charge in [0.25, 0.3) is 0 Å². The average Bonchev–Trinajstić information content (AvgIpc) is 2.85. The third-order valence-electron chi connectivity index (χ3n) is 2.87. The molecule has 0 aliphatic heterocycles. The molecule has 96 valence electrons. The number of nitrogens with zero attached hydrogens (tertiary/aromatic N) is 4. The first-order valence-corrected chi connectivity index (χ1v) is 6.05. The Hall–Kier alpha value is -2.52. The molecule has 0 unspecified atom stereocenters. The maximum atomic E-state index is 11.2. The maximum absolute atomic E-state index is 11.2. The monoisotopic (exact) mass is 254 g/mol. The van der Waals surface area contributed by atoms with Crippen molar-refractivity contribution in [1.82, 2.24) is 4.57 Å². The highest BCUT2D eigenvalue weighted by molar-refractivity contribution is 5.76. The molecule has 1 heterocycles. The van der Waals surface area contributed by atoms with E-state index in [1.807, 2.05) is 36.5 Å². The summed E-state index contributed by atoms with van der Waals surface area (Å²) >= 11 is 0. The molecule has 0 aliphatic rings. The number of azide groups is 1. The first kappa shape index (κ1) is 12.9. The number of amides is 1. The van der Waals surface area contributed by atoms with Gasteiger partial charge >= 0.3 is 0 Å². The van der Waals surface area contributed by atoms with E-state index < -0.39 is 5.91 Å². The minimum atomic E-state index is -0.421. The SMILES string of the molecule is [N-]=[N+]=NC(=O)CCc1cccn1Cc1ccccc1. The van der Waals surface area contributed by atoms with Crippen LogP contribution in [0.2, 0.25) is 0 Å². The molecule has 0 atom stereocenters. The third kappa shape index (κ3) is 3.72. The van der Waals surface area contributed by atoms with E-state index in [2.05, 4.69) is 26.7 Å². The normalized spacial score (nSPS) is 9.89. The van der Waals surface area contributed by atoms with Gasteiger partial charge in [-0.25, -0.2) is 0 Å². The smallest absolute Gasteiger partial charge is 0.219 e. The fourth-order valence-electron chi connectivity index (χ4n) is 1.95. The van der Waals surface area contributed by atoms with Crippen molar-refractivity contribution in [2.24, 2.45) is 5.11 Å². The van der Waals surface area contributed by atoms with Crippen LogP contribution in [0, 0.1) is 0 Å². The molecular weight excluding hydrogens is 240 g/mol. The molecule has 5 nitrogen and oxygen atoms in total. The average molecular weight is 254 g/mol. The minimum Gasteiger partial charge on any atom is -0.347 e. The number of hydrogen-bond donors (Lipinski definition) is 0. The van der Waals surface area contributed by atoms with Crippen LogP contribution in [0.4, 0.5) is 0 Å². The summed E-state index contributed by atoms with van der Waals surface area (Å²) in [6.45, 7) is 0.777. The van der Waals surface area contributed by atoms with Gasteiger partial charge in [-0.1, -0.05) is 30.3 Å². The Morgan fingerprint density at radius 3 is 2.74 bits per heavy atom. The Kier molecular flexibility index (Phi) is 4.37. The van der Waals surface area contributed by atoms with Crippen molar-refractivity contribution >= 4 is 5.91 Å². The van der Waals surface area contributed by atoms with Crippen LogP contribution in [-0.4, -0.2) is 10.5 Å². The van der Waals surface area contributed by atoms with Gasteiger partial charge in [-0.2, -0.15) is 0 Å². The van der Waals surface area contributed by atoms with Crippen LogP contribution in [0.25, 0.3) is 10.4 Å². The molecule has 19 heavy (non-hydrogen) atoms. The van der Waals surface area contributed by atoms with E-state index in [1.54, 1.807) is 0 Å². The Balaban J connectivity index is 2.02. The second-order valence-electron chi connectivity index (χ2n) is 4.20. The summed E-state index contributed by atoms with van der Waals surface area (Å²) in [5, 5.41) is 3.07. The molecule has 0 saturated carbocycles. The Bertz CT molecular complexity index is 597. The van der Waals surface area contributed by atoms with Gasteiger partial charge < -0.3 is 4.57 Å². The van der Waals surface area contributed by atoms with Crippen molar-refractivity contribution in [3.63, 3.8) is 0 Å². The predicted octanol–water partition coefficient (Wildman–Crippen LogP) is 3.31. The second-order valence-corrected chi connectivity index (χ2v) is 4.20. The fraction of sp³-hybridized carbons (Fsp3) is 0.214. The number of aryl methyl sites for hydroxylation is 1. The zero-order chi connectivity index (χ0) is 13.5. The van der Waals surface area contributed by atoms with Gasteiger partial charge in [0.2, 0.25) is 5.91 Å². The highest BCUT2D eigenvalue weighted by Gasteiger charge is 2.04. The highest BCUT2D eigenvalue weighted by Crippen LogP contribution is 2.10. The summed E-state index contributed by atoms with van der Waals surface area (Å²) in [4.78, 5) is 13.7. The van der Waals surface area contributed by atoms with Crippen LogP contribution < -0.4 is 0 Å². The number of carbonyl (C=O) groups is 1. The maximum Gasteiger partial charge on any atom is 0.219 e. The van der Waals surface area contributed by atoms with Crippen molar-refractivity contribution in [2.45, 2.75) is 19.4 Å². The number of benzene rings is 1. The molecule has 0 bridgehead atoms. The standard InChI is InChI=1S/C14H14N4O/c15-17-16-14(19)9-8-13-7-4-10-18(13)11-12-5-2-1-3-6-12/h1-7,10H,8-9,11H2. The Morgan fingerprint density at radius 2 is 2.00 bits per heavy atom. The van der Waals surface area contributed by atoms with Crippen molar-refractivity contribution in [1.29, 1.82) is 0 Å².